The van der Waals surface area contributed by atoms with Crippen molar-refractivity contribution in [1.29, 1.82) is 0 Å². The summed E-state index contributed by atoms with van der Waals surface area (Å²) in [4.78, 5) is 13.0. The first-order chi connectivity index (χ1) is 8.54. The normalized spacial score (nSPS) is 11.7. The number of amides is 1. The molecule has 0 spiro atoms. The van der Waals surface area contributed by atoms with Gasteiger partial charge in [-0.25, -0.2) is 0 Å². The molecule has 4 N–H and O–H groups in total. The van der Waals surface area contributed by atoms with Crippen LogP contribution in [0.5, 0.6) is 0 Å². The van der Waals surface area contributed by atoms with Crippen molar-refractivity contribution in [2.45, 2.75) is 26.3 Å². The second-order valence-corrected chi connectivity index (χ2v) is 4.12. The quantitative estimate of drug-likeness (QED) is 0.827. The lowest BCUT2D eigenvalue weighted by atomic mass is 10.0. The molecule has 102 valence electrons. The van der Waals surface area contributed by atoms with Crippen LogP contribution in [0.3, 0.4) is 0 Å². The first-order valence-electron chi connectivity index (χ1n) is 6.30. The van der Waals surface area contributed by atoms with Crippen molar-refractivity contribution >= 4 is 5.91 Å². The number of carbonyl (C=O) groups is 1. The van der Waals surface area contributed by atoms with E-state index in [1.807, 2.05) is 40.1 Å². The fraction of sp³-hybridized carbons (Fsp3) is 0.500. The Morgan fingerprint density at radius 2 is 1.72 bits per heavy atom. The highest BCUT2D eigenvalue weighted by molar-refractivity contribution is 5.92. The predicted molar refractivity (Wildman–Crippen MR) is 76.5 cm³/mol. The topological polar surface area (TPSA) is 72.3 Å². The van der Waals surface area contributed by atoms with Crippen LogP contribution in [-0.4, -0.2) is 37.5 Å². The lowest BCUT2D eigenvalue weighted by molar-refractivity contribution is 0.100. The van der Waals surface area contributed by atoms with Gasteiger partial charge in [-0.15, -0.1) is 0 Å². The maximum Gasteiger partial charge on any atom is 0.248 e. The van der Waals surface area contributed by atoms with Gasteiger partial charge >= 0.3 is 0 Å². The van der Waals surface area contributed by atoms with Crippen LogP contribution >= 0.6 is 0 Å². The maximum atomic E-state index is 10.9. The van der Waals surface area contributed by atoms with Gasteiger partial charge in [0.2, 0.25) is 5.91 Å². The second-order valence-electron chi connectivity index (χ2n) is 4.12. The monoisotopic (exact) mass is 251 g/mol. The minimum atomic E-state index is -0.394. The summed E-state index contributed by atoms with van der Waals surface area (Å²) in [5, 5.41) is 0. The van der Waals surface area contributed by atoms with Gasteiger partial charge in [-0.1, -0.05) is 26.0 Å². The van der Waals surface area contributed by atoms with Gasteiger partial charge in [0.1, 0.15) is 0 Å². The Balaban J connectivity index is 0.00000137. The van der Waals surface area contributed by atoms with Gasteiger partial charge < -0.3 is 16.4 Å². The van der Waals surface area contributed by atoms with Crippen LogP contribution in [-0.2, 0) is 6.42 Å². The van der Waals surface area contributed by atoms with E-state index in [-0.39, 0.29) is 0 Å². The molecular weight excluding hydrogens is 226 g/mol. The molecule has 1 rings (SSSR count). The van der Waals surface area contributed by atoms with Gasteiger partial charge in [-0.3, -0.25) is 4.79 Å². The Hall–Kier alpha value is -1.39. The fourth-order valence-electron chi connectivity index (χ4n) is 1.55. The molecule has 4 nitrogen and oxygen atoms in total. The third-order valence-corrected chi connectivity index (χ3v) is 2.71. The molecule has 0 heterocycles. The highest BCUT2D eigenvalue weighted by atomic mass is 16.1. The van der Waals surface area contributed by atoms with Crippen LogP contribution in [0.25, 0.3) is 0 Å². The van der Waals surface area contributed by atoms with Crippen molar-refractivity contribution in [3.05, 3.63) is 35.4 Å². The van der Waals surface area contributed by atoms with Crippen LogP contribution in [0.4, 0.5) is 0 Å². The Morgan fingerprint density at radius 1 is 1.22 bits per heavy atom. The van der Waals surface area contributed by atoms with E-state index in [9.17, 15) is 4.79 Å². The molecule has 0 aliphatic rings. The molecule has 4 heteroatoms. The Kier molecular flexibility index (Phi) is 8.00. The molecule has 1 aromatic rings. The van der Waals surface area contributed by atoms with Gasteiger partial charge in [0, 0.05) is 18.2 Å². The van der Waals surface area contributed by atoms with Crippen molar-refractivity contribution in [3.8, 4) is 0 Å². The summed E-state index contributed by atoms with van der Waals surface area (Å²) in [6.07, 6.45) is 0.878. The van der Waals surface area contributed by atoms with Crippen molar-refractivity contribution in [2.24, 2.45) is 11.5 Å². The number of hydrogen-bond acceptors (Lipinski definition) is 3. The number of rotatable bonds is 5. The maximum absolute atomic E-state index is 10.9. The number of hydrogen-bond donors (Lipinski definition) is 2. The minimum Gasteiger partial charge on any atom is -0.366 e. The zero-order valence-corrected chi connectivity index (χ0v) is 11.8. The molecule has 0 saturated heterocycles. The van der Waals surface area contributed by atoms with E-state index >= 15 is 0 Å². The van der Waals surface area contributed by atoms with Crippen LogP contribution in [0.15, 0.2) is 24.3 Å². The Bertz CT molecular complexity index is 347. The zero-order valence-electron chi connectivity index (χ0n) is 11.8. The molecule has 0 bridgehead atoms. The summed E-state index contributed by atoms with van der Waals surface area (Å²) < 4.78 is 0. The van der Waals surface area contributed by atoms with Crippen molar-refractivity contribution < 1.29 is 4.79 Å². The third kappa shape index (κ3) is 5.29. The largest absolute Gasteiger partial charge is 0.366 e. The van der Waals surface area contributed by atoms with E-state index in [0.717, 1.165) is 12.0 Å². The molecule has 0 radical (unpaired) electrons. The van der Waals surface area contributed by atoms with Gasteiger partial charge in [0.25, 0.3) is 0 Å². The first-order valence-corrected chi connectivity index (χ1v) is 6.30. The van der Waals surface area contributed by atoms with Crippen molar-refractivity contribution in [1.82, 2.24) is 4.90 Å². The highest BCUT2D eigenvalue weighted by Crippen LogP contribution is 2.08. The van der Waals surface area contributed by atoms with Crippen LogP contribution < -0.4 is 11.5 Å². The smallest absolute Gasteiger partial charge is 0.248 e. The lowest BCUT2D eigenvalue weighted by Gasteiger charge is -2.22. The Morgan fingerprint density at radius 3 is 2.06 bits per heavy atom. The molecule has 0 aliphatic carbocycles. The molecule has 0 saturated carbocycles. The molecule has 1 unspecified atom stereocenters. The Labute approximate surface area is 110 Å². The summed E-state index contributed by atoms with van der Waals surface area (Å²) in [7, 11) is 4.02. The second kappa shape index (κ2) is 8.66. The van der Waals surface area contributed by atoms with Crippen molar-refractivity contribution in [3.63, 3.8) is 0 Å². The summed E-state index contributed by atoms with van der Waals surface area (Å²) in [5.74, 6) is -0.394. The number of nitrogens with zero attached hydrogens (tertiary/aromatic N) is 1. The molecule has 1 aromatic carbocycles. The van der Waals surface area contributed by atoms with E-state index < -0.39 is 5.91 Å². The number of benzene rings is 1. The number of likely N-dealkylation sites (N-methyl/N-ethyl adjacent to an activating group) is 1. The number of nitrogens with two attached hydrogens (primary N) is 2. The predicted octanol–water partition coefficient (Wildman–Crippen LogP) is 1.24. The first kappa shape index (κ1) is 16.6. The van der Waals surface area contributed by atoms with E-state index in [1.165, 1.54) is 0 Å². The molecule has 0 aromatic heterocycles. The van der Waals surface area contributed by atoms with Crippen LogP contribution in [0, 0.1) is 0 Å². The number of carbonyl (C=O) groups excluding carboxylic acids is 1. The molecule has 18 heavy (non-hydrogen) atoms. The fourth-order valence-corrected chi connectivity index (χ4v) is 1.55. The average molecular weight is 251 g/mol. The highest BCUT2D eigenvalue weighted by Gasteiger charge is 2.10. The van der Waals surface area contributed by atoms with Crippen LogP contribution in [0.1, 0.15) is 29.8 Å². The van der Waals surface area contributed by atoms with E-state index in [1.54, 1.807) is 12.1 Å². The molecule has 1 amide bonds. The summed E-state index contributed by atoms with van der Waals surface area (Å²) in [5.41, 5.74) is 12.6. The van der Waals surface area contributed by atoms with Gasteiger partial charge in [-0.05, 0) is 38.2 Å². The lowest BCUT2D eigenvalue weighted by Crippen LogP contribution is -2.36. The van der Waals surface area contributed by atoms with Crippen LogP contribution in [0.2, 0.25) is 0 Å². The van der Waals surface area contributed by atoms with Gasteiger partial charge in [-0.2, -0.15) is 0 Å². The zero-order chi connectivity index (χ0) is 14.1. The molecule has 1 atom stereocenters. The summed E-state index contributed by atoms with van der Waals surface area (Å²) in [6, 6.07) is 7.67. The minimum absolute atomic E-state index is 0.319. The number of primary amides is 1. The molecule has 0 fully saturated rings. The van der Waals surface area contributed by atoms with E-state index in [0.29, 0.717) is 18.2 Å². The molecular formula is C14H25N3O. The summed E-state index contributed by atoms with van der Waals surface area (Å²) in [6.45, 7) is 4.62. The third-order valence-electron chi connectivity index (χ3n) is 2.71. The van der Waals surface area contributed by atoms with E-state index in [4.69, 9.17) is 11.5 Å². The van der Waals surface area contributed by atoms with Gasteiger partial charge in [0.15, 0.2) is 0 Å². The SMILES string of the molecule is CC.CN(C)C(CN)Cc1ccc(C(N)=O)cc1. The van der Waals surface area contributed by atoms with Crippen molar-refractivity contribution in [2.75, 3.05) is 20.6 Å². The standard InChI is InChI=1S/C12H19N3O.C2H6/c1-15(2)11(8-13)7-9-3-5-10(6-4-9)12(14)16;1-2/h3-6,11H,7-8,13H2,1-2H3,(H2,14,16);1-2H3. The van der Waals surface area contributed by atoms with E-state index in [2.05, 4.69) is 4.90 Å². The average Bonchev–Trinajstić information content (AvgIpc) is 2.38. The molecule has 0 aliphatic heterocycles. The van der Waals surface area contributed by atoms with Gasteiger partial charge in [0.05, 0.1) is 0 Å². The summed E-state index contributed by atoms with van der Waals surface area (Å²) >= 11 is 0.